The van der Waals surface area contributed by atoms with Gasteiger partial charge in [-0.1, -0.05) is 18.2 Å². The Morgan fingerprint density at radius 3 is 3.00 bits per heavy atom. The number of aromatic nitrogens is 1. The van der Waals surface area contributed by atoms with Gasteiger partial charge in [-0.15, -0.1) is 11.3 Å². The van der Waals surface area contributed by atoms with Crippen molar-refractivity contribution in [2.45, 2.75) is 25.9 Å². The molecule has 2 aromatic rings. The first-order valence-corrected chi connectivity index (χ1v) is 7.53. The summed E-state index contributed by atoms with van der Waals surface area (Å²) in [5.41, 5.74) is 3.23. The van der Waals surface area contributed by atoms with Gasteiger partial charge in [-0.2, -0.15) is 0 Å². The van der Waals surface area contributed by atoms with E-state index in [9.17, 15) is 4.79 Å². The predicted molar refractivity (Wildman–Crippen MR) is 80.9 cm³/mol. The summed E-state index contributed by atoms with van der Waals surface area (Å²) in [6.07, 6.45) is 0.498. The summed E-state index contributed by atoms with van der Waals surface area (Å²) < 4.78 is 0. The Bertz CT molecular complexity index is 638. The van der Waals surface area contributed by atoms with E-state index in [0.717, 1.165) is 16.4 Å². The molecule has 0 radical (unpaired) electrons. The van der Waals surface area contributed by atoms with Crippen LogP contribution in [0.25, 0.3) is 0 Å². The minimum Gasteiger partial charge on any atom is -0.315 e. The van der Waals surface area contributed by atoms with E-state index < -0.39 is 0 Å². The summed E-state index contributed by atoms with van der Waals surface area (Å²) >= 11 is 1.65. The normalized spacial score (nSPS) is 18.2. The second kappa shape index (κ2) is 5.34. The fourth-order valence-electron chi connectivity index (χ4n) is 2.52. The van der Waals surface area contributed by atoms with Gasteiger partial charge in [-0.25, -0.2) is 4.98 Å². The molecule has 20 heavy (non-hydrogen) atoms. The third-order valence-electron chi connectivity index (χ3n) is 3.59. The summed E-state index contributed by atoms with van der Waals surface area (Å²) in [5.74, 6) is 0.150. The van der Waals surface area contributed by atoms with Crippen LogP contribution in [0.3, 0.4) is 0 Å². The van der Waals surface area contributed by atoms with Crippen molar-refractivity contribution in [2.24, 2.45) is 0 Å². The van der Waals surface area contributed by atoms with Crippen molar-refractivity contribution in [2.75, 3.05) is 11.9 Å². The number of amides is 1. The smallest absolute Gasteiger partial charge is 0.228 e. The van der Waals surface area contributed by atoms with Crippen LogP contribution < -0.4 is 10.2 Å². The van der Waals surface area contributed by atoms with E-state index in [1.807, 2.05) is 37.6 Å². The third kappa shape index (κ3) is 2.46. The highest BCUT2D eigenvalue weighted by Gasteiger charge is 2.28. The average molecular weight is 287 g/mol. The first-order valence-electron chi connectivity index (χ1n) is 6.65. The van der Waals surface area contributed by atoms with Crippen LogP contribution in [0.2, 0.25) is 0 Å². The molecule has 1 N–H and O–H groups in total. The number of nitrogens with one attached hydrogen (secondary N) is 1. The SMILES string of the molecule is Cc1csc(CNC2CC(=O)N(C)c3ccccc32)n1. The van der Waals surface area contributed by atoms with Gasteiger partial charge in [0.05, 0.1) is 0 Å². The zero-order chi connectivity index (χ0) is 14.1. The first-order chi connectivity index (χ1) is 9.65. The van der Waals surface area contributed by atoms with Gasteiger partial charge in [-0.3, -0.25) is 4.79 Å². The monoisotopic (exact) mass is 287 g/mol. The van der Waals surface area contributed by atoms with Crippen molar-refractivity contribution >= 4 is 22.9 Å². The number of benzene rings is 1. The second-order valence-corrected chi connectivity index (χ2v) is 5.97. The van der Waals surface area contributed by atoms with Gasteiger partial charge in [0.15, 0.2) is 0 Å². The van der Waals surface area contributed by atoms with Crippen molar-refractivity contribution in [3.8, 4) is 0 Å². The Balaban J connectivity index is 1.80. The highest BCUT2D eigenvalue weighted by molar-refractivity contribution is 7.09. The number of rotatable bonds is 3. The number of anilines is 1. The largest absolute Gasteiger partial charge is 0.315 e. The molecular weight excluding hydrogens is 270 g/mol. The topological polar surface area (TPSA) is 45.2 Å². The molecule has 0 spiro atoms. The minimum atomic E-state index is 0.0686. The first kappa shape index (κ1) is 13.3. The van der Waals surface area contributed by atoms with E-state index in [-0.39, 0.29) is 11.9 Å². The number of aryl methyl sites for hydroxylation is 1. The highest BCUT2D eigenvalue weighted by atomic mass is 32.1. The summed E-state index contributed by atoms with van der Waals surface area (Å²) in [5, 5.41) is 6.57. The minimum absolute atomic E-state index is 0.0686. The number of para-hydroxylation sites is 1. The summed E-state index contributed by atoms with van der Waals surface area (Å²) in [6.45, 7) is 2.70. The molecule has 3 rings (SSSR count). The molecule has 5 heteroatoms. The Labute approximate surface area is 122 Å². The summed E-state index contributed by atoms with van der Waals surface area (Å²) in [7, 11) is 1.83. The van der Waals surface area contributed by atoms with Crippen LogP contribution >= 0.6 is 11.3 Å². The Morgan fingerprint density at radius 2 is 2.25 bits per heavy atom. The number of fused-ring (bicyclic) bond motifs is 1. The number of nitrogens with zero attached hydrogens (tertiary/aromatic N) is 2. The molecule has 2 heterocycles. The maximum Gasteiger partial charge on any atom is 0.228 e. The number of carbonyl (C=O) groups is 1. The number of thiazole rings is 1. The third-order valence-corrected chi connectivity index (χ3v) is 4.56. The van der Waals surface area contributed by atoms with Gasteiger partial charge in [0.1, 0.15) is 5.01 Å². The molecule has 1 unspecified atom stereocenters. The van der Waals surface area contributed by atoms with Crippen LogP contribution in [0.4, 0.5) is 5.69 Å². The van der Waals surface area contributed by atoms with E-state index in [1.54, 1.807) is 16.2 Å². The van der Waals surface area contributed by atoms with Gasteiger partial charge in [0.25, 0.3) is 0 Å². The van der Waals surface area contributed by atoms with Gasteiger partial charge < -0.3 is 10.2 Å². The van der Waals surface area contributed by atoms with Gasteiger partial charge in [0.2, 0.25) is 5.91 Å². The number of hydrogen-bond donors (Lipinski definition) is 1. The van der Waals surface area contributed by atoms with Crippen molar-refractivity contribution in [1.82, 2.24) is 10.3 Å². The van der Waals surface area contributed by atoms with Crippen molar-refractivity contribution in [3.63, 3.8) is 0 Å². The lowest BCUT2D eigenvalue weighted by atomic mass is 9.96. The van der Waals surface area contributed by atoms with E-state index >= 15 is 0 Å². The van der Waals surface area contributed by atoms with Crippen LogP contribution in [0, 0.1) is 6.92 Å². The van der Waals surface area contributed by atoms with E-state index in [4.69, 9.17) is 0 Å². The Hall–Kier alpha value is -1.72. The molecular formula is C15H17N3OS. The molecule has 104 valence electrons. The quantitative estimate of drug-likeness (QED) is 0.944. The van der Waals surface area contributed by atoms with E-state index in [0.29, 0.717) is 13.0 Å². The molecule has 0 saturated heterocycles. The zero-order valence-electron chi connectivity index (χ0n) is 11.6. The van der Waals surface area contributed by atoms with Crippen LogP contribution in [0.5, 0.6) is 0 Å². The number of hydrogen-bond acceptors (Lipinski definition) is 4. The van der Waals surface area contributed by atoms with Crippen molar-refractivity contribution in [3.05, 3.63) is 45.9 Å². The highest BCUT2D eigenvalue weighted by Crippen LogP contribution is 2.33. The lowest BCUT2D eigenvalue weighted by Crippen LogP contribution is -2.37. The lowest BCUT2D eigenvalue weighted by Gasteiger charge is -2.32. The van der Waals surface area contributed by atoms with Crippen LogP contribution in [0.15, 0.2) is 29.6 Å². The molecule has 0 aliphatic carbocycles. The molecule has 1 aromatic carbocycles. The predicted octanol–water partition coefficient (Wildman–Crippen LogP) is 2.65. The fraction of sp³-hybridized carbons (Fsp3) is 0.333. The maximum absolute atomic E-state index is 12.1. The molecule has 1 amide bonds. The Morgan fingerprint density at radius 1 is 1.45 bits per heavy atom. The molecule has 0 saturated carbocycles. The zero-order valence-corrected chi connectivity index (χ0v) is 12.4. The molecule has 1 aliphatic heterocycles. The lowest BCUT2D eigenvalue weighted by molar-refractivity contribution is -0.119. The van der Waals surface area contributed by atoms with Crippen LogP contribution in [-0.4, -0.2) is 17.9 Å². The van der Waals surface area contributed by atoms with Crippen molar-refractivity contribution in [1.29, 1.82) is 0 Å². The van der Waals surface area contributed by atoms with Gasteiger partial charge >= 0.3 is 0 Å². The van der Waals surface area contributed by atoms with E-state index in [2.05, 4.69) is 16.4 Å². The Kier molecular flexibility index (Phi) is 3.54. The summed E-state index contributed by atoms with van der Waals surface area (Å²) in [6, 6.07) is 8.14. The molecule has 1 aliphatic rings. The van der Waals surface area contributed by atoms with Crippen LogP contribution in [-0.2, 0) is 11.3 Å². The fourth-order valence-corrected chi connectivity index (χ4v) is 3.24. The standard InChI is InChI=1S/C15H17N3OS/c1-10-9-20-14(17-10)8-16-12-7-15(19)18(2)13-6-4-3-5-11(12)13/h3-6,9,12,16H,7-8H2,1-2H3. The maximum atomic E-state index is 12.1. The average Bonchev–Trinajstić information content (AvgIpc) is 2.87. The summed E-state index contributed by atoms with van der Waals surface area (Å²) in [4.78, 5) is 18.2. The molecule has 1 aromatic heterocycles. The van der Waals surface area contributed by atoms with E-state index in [1.165, 1.54) is 5.56 Å². The number of carbonyl (C=O) groups excluding carboxylic acids is 1. The van der Waals surface area contributed by atoms with Gasteiger partial charge in [0, 0.05) is 42.8 Å². The molecule has 0 fully saturated rings. The van der Waals surface area contributed by atoms with Gasteiger partial charge in [-0.05, 0) is 18.6 Å². The molecule has 4 nitrogen and oxygen atoms in total. The second-order valence-electron chi connectivity index (χ2n) is 5.03. The molecule has 1 atom stereocenters. The van der Waals surface area contributed by atoms with Crippen LogP contribution in [0.1, 0.15) is 28.7 Å². The molecule has 0 bridgehead atoms. The van der Waals surface area contributed by atoms with Crippen molar-refractivity contribution < 1.29 is 4.79 Å².